The summed E-state index contributed by atoms with van der Waals surface area (Å²) >= 11 is 0. The van der Waals surface area contributed by atoms with Crippen molar-refractivity contribution < 1.29 is 9.53 Å². The van der Waals surface area contributed by atoms with Gasteiger partial charge in [-0.1, -0.05) is 18.2 Å². The van der Waals surface area contributed by atoms with Gasteiger partial charge in [-0.3, -0.25) is 4.79 Å². The maximum Gasteiger partial charge on any atom is 0.223 e. The van der Waals surface area contributed by atoms with Gasteiger partial charge in [0.25, 0.3) is 0 Å². The zero-order chi connectivity index (χ0) is 13.7. The molecule has 1 fully saturated rings. The van der Waals surface area contributed by atoms with Crippen LogP contribution in [0.25, 0.3) is 0 Å². The Labute approximate surface area is 126 Å². The van der Waals surface area contributed by atoms with E-state index in [1.54, 1.807) is 0 Å². The lowest BCUT2D eigenvalue weighted by atomic mass is 10.1. The van der Waals surface area contributed by atoms with Crippen molar-refractivity contribution in [2.24, 2.45) is 11.7 Å². The third-order valence-corrected chi connectivity index (χ3v) is 3.57. The van der Waals surface area contributed by atoms with Crippen LogP contribution in [0.3, 0.4) is 0 Å². The molecule has 0 aliphatic heterocycles. The molecule has 0 spiro atoms. The summed E-state index contributed by atoms with van der Waals surface area (Å²) in [7, 11) is 0. The van der Waals surface area contributed by atoms with Gasteiger partial charge >= 0.3 is 0 Å². The third-order valence-electron chi connectivity index (χ3n) is 3.57. The van der Waals surface area contributed by atoms with E-state index in [1.807, 2.05) is 31.2 Å². The first-order valence-corrected chi connectivity index (χ1v) is 6.94. The quantitative estimate of drug-likeness (QED) is 0.876. The highest BCUT2D eigenvalue weighted by atomic mass is 35.5. The number of ether oxygens (including phenoxy) is 1. The number of amides is 1. The van der Waals surface area contributed by atoms with Crippen LogP contribution in [0, 0.1) is 5.92 Å². The topological polar surface area (TPSA) is 64.3 Å². The van der Waals surface area contributed by atoms with Crippen molar-refractivity contribution in [3.8, 4) is 5.75 Å². The third kappa shape index (κ3) is 4.39. The van der Waals surface area contributed by atoms with Gasteiger partial charge in [0.05, 0.1) is 6.61 Å². The summed E-state index contributed by atoms with van der Waals surface area (Å²) in [4.78, 5) is 12.0. The number of carbonyl (C=O) groups is 1. The molecule has 3 N–H and O–H groups in total. The number of benzene rings is 1. The molecule has 2 unspecified atom stereocenters. The molecule has 4 nitrogen and oxygen atoms in total. The molecule has 0 heterocycles. The van der Waals surface area contributed by atoms with Crippen molar-refractivity contribution in [3.63, 3.8) is 0 Å². The molecular weight excluding hydrogens is 276 g/mol. The van der Waals surface area contributed by atoms with Gasteiger partial charge in [-0.25, -0.2) is 0 Å². The lowest BCUT2D eigenvalue weighted by Crippen LogP contribution is -2.30. The van der Waals surface area contributed by atoms with E-state index in [0.29, 0.717) is 13.2 Å². The highest BCUT2D eigenvalue weighted by Gasteiger charge is 2.27. The van der Waals surface area contributed by atoms with Crippen LogP contribution >= 0.6 is 12.4 Å². The fourth-order valence-electron chi connectivity index (χ4n) is 2.53. The van der Waals surface area contributed by atoms with E-state index >= 15 is 0 Å². The van der Waals surface area contributed by atoms with E-state index in [0.717, 1.165) is 30.6 Å². The second-order valence-electron chi connectivity index (χ2n) is 5.03. The highest BCUT2D eigenvalue weighted by Crippen LogP contribution is 2.24. The van der Waals surface area contributed by atoms with E-state index < -0.39 is 0 Å². The van der Waals surface area contributed by atoms with Crippen molar-refractivity contribution in [2.75, 3.05) is 6.61 Å². The maximum atomic E-state index is 12.0. The zero-order valence-corrected chi connectivity index (χ0v) is 12.6. The molecule has 0 aromatic heterocycles. The van der Waals surface area contributed by atoms with Gasteiger partial charge in [-0.2, -0.15) is 0 Å². The average molecular weight is 299 g/mol. The monoisotopic (exact) mass is 298 g/mol. The minimum atomic E-state index is 0. The Kier molecular flexibility index (Phi) is 6.82. The average Bonchev–Trinajstić information content (AvgIpc) is 2.84. The van der Waals surface area contributed by atoms with Crippen LogP contribution in [-0.2, 0) is 11.3 Å². The van der Waals surface area contributed by atoms with E-state index in [-0.39, 0.29) is 30.3 Å². The van der Waals surface area contributed by atoms with Crippen LogP contribution in [-0.4, -0.2) is 18.6 Å². The number of hydrogen-bond donors (Lipinski definition) is 2. The van der Waals surface area contributed by atoms with E-state index in [4.69, 9.17) is 10.5 Å². The Morgan fingerprint density at radius 1 is 1.40 bits per heavy atom. The second-order valence-corrected chi connectivity index (χ2v) is 5.03. The van der Waals surface area contributed by atoms with Gasteiger partial charge in [0.15, 0.2) is 0 Å². The van der Waals surface area contributed by atoms with Crippen molar-refractivity contribution in [1.29, 1.82) is 0 Å². The predicted octanol–water partition coefficient (Wildman–Crippen LogP) is 2.25. The molecular formula is C15H23ClN2O2. The first-order valence-electron chi connectivity index (χ1n) is 6.94. The Balaban J connectivity index is 0.00000200. The molecule has 112 valence electrons. The molecule has 1 aromatic carbocycles. The van der Waals surface area contributed by atoms with Crippen molar-refractivity contribution in [1.82, 2.24) is 5.32 Å². The first kappa shape index (κ1) is 16.8. The van der Waals surface area contributed by atoms with E-state index in [2.05, 4.69) is 5.32 Å². The van der Waals surface area contributed by atoms with Gasteiger partial charge in [0.1, 0.15) is 5.75 Å². The molecule has 1 aromatic rings. The van der Waals surface area contributed by atoms with Gasteiger partial charge in [-0.05, 0) is 32.3 Å². The summed E-state index contributed by atoms with van der Waals surface area (Å²) in [6, 6.07) is 7.98. The molecule has 20 heavy (non-hydrogen) atoms. The first-order chi connectivity index (χ1) is 9.20. The minimum Gasteiger partial charge on any atom is -0.494 e. The summed E-state index contributed by atoms with van der Waals surface area (Å²) in [6.45, 7) is 3.10. The van der Waals surface area contributed by atoms with Crippen molar-refractivity contribution in [3.05, 3.63) is 29.8 Å². The molecule has 5 heteroatoms. The Morgan fingerprint density at radius 2 is 2.15 bits per heavy atom. The number of hydrogen-bond acceptors (Lipinski definition) is 3. The molecule has 1 amide bonds. The minimum absolute atomic E-state index is 0. The van der Waals surface area contributed by atoms with Gasteiger partial charge in [0.2, 0.25) is 5.91 Å². The van der Waals surface area contributed by atoms with Gasteiger partial charge in [0, 0.05) is 24.1 Å². The van der Waals surface area contributed by atoms with E-state index in [1.165, 1.54) is 0 Å². The lowest BCUT2D eigenvalue weighted by molar-refractivity contribution is -0.125. The van der Waals surface area contributed by atoms with Gasteiger partial charge in [-0.15, -0.1) is 12.4 Å². The Morgan fingerprint density at radius 3 is 2.80 bits per heavy atom. The fourth-order valence-corrected chi connectivity index (χ4v) is 2.53. The molecule has 2 rings (SSSR count). The number of halogens is 1. The summed E-state index contributed by atoms with van der Waals surface area (Å²) in [5, 5.41) is 2.99. The normalized spacial score (nSPS) is 21.1. The molecule has 0 bridgehead atoms. The Bertz CT molecular complexity index is 440. The number of nitrogens with two attached hydrogens (primary N) is 1. The van der Waals surface area contributed by atoms with Crippen LogP contribution in [0.4, 0.5) is 0 Å². The number of rotatable bonds is 5. The smallest absolute Gasteiger partial charge is 0.223 e. The molecule has 0 radical (unpaired) electrons. The maximum absolute atomic E-state index is 12.0. The number of carbonyl (C=O) groups excluding carboxylic acids is 1. The highest BCUT2D eigenvalue weighted by molar-refractivity contribution is 5.85. The van der Waals surface area contributed by atoms with Crippen molar-refractivity contribution >= 4 is 18.3 Å². The summed E-state index contributed by atoms with van der Waals surface area (Å²) < 4.78 is 5.54. The molecule has 1 saturated carbocycles. The van der Waals surface area contributed by atoms with Crippen LogP contribution in [0.15, 0.2) is 24.3 Å². The van der Waals surface area contributed by atoms with Crippen LogP contribution < -0.4 is 15.8 Å². The van der Waals surface area contributed by atoms with Crippen molar-refractivity contribution in [2.45, 2.75) is 38.8 Å². The number of para-hydroxylation sites is 1. The predicted molar refractivity (Wildman–Crippen MR) is 82.0 cm³/mol. The van der Waals surface area contributed by atoms with E-state index in [9.17, 15) is 4.79 Å². The summed E-state index contributed by atoms with van der Waals surface area (Å²) in [6.07, 6.45) is 2.66. The summed E-state index contributed by atoms with van der Waals surface area (Å²) in [5.41, 5.74) is 6.85. The zero-order valence-electron chi connectivity index (χ0n) is 11.8. The molecule has 1 aliphatic rings. The number of nitrogens with one attached hydrogen (secondary N) is 1. The fraction of sp³-hybridized carbons (Fsp3) is 0.533. The second kappa shape index (κ2) is 8.12. The standard InChI is InChI=1S/C15H22N2O2.ClH/c1-2-19-14-6-4-3-5-12(14)10-17-15(18)11-7-8-13(16)9-11;/h3-6,11,13H,2,7-10,16H2,1H3,(H,17,18);1H. The van der Waals surface area contributed by atoms with Gasteiger partial charge < -0.3 is 15.8 Å². The Hall–Kier alpha value is -1.26. The summed E-state index contributed by atoms with van der Waals surface area (Å²) in [5.74, 6) is 1.03. The largest absolute Gasteiger partial charge is 0.494 e. The van der Waals surface area contributed by atoms with Crippen LogP contribution in [0.1, 0.15) is 31.7 Å². The van der Waals surface area contributed by atoms with Crippen LogP contribution in [0.5, 0.6) is 5.75 Å². The molecule has 2 atom stereocenters. The molecule has 1 aliphatic carbocycles. The van der Waals surface area contributed by atoms with Crippen LogP contribution in [0.2, 0.25) is 0 Å². The SMILES string of the molecule is CCOc1ccccc1CNC(=O)C1CCC(N)C1.Cl. The lowest BCUT2D eigenvalue weighted by Gasteiger charge is -2.13. The molecule has 0 saturated heterocycles.